The van der Waals surface area contributed by atoms with Crippen LogP contribution in [-0.4, -0.2) is 56.2 Å². The number of ether oxygens (including phenoxy) is 1. The predicted octanol–water partition coefficient (Wildman–Crippen LogP) is 3.21. The quantitative estimate of drug-likeness (QED) is 0.849. The highest BCUT2D eigenvalue weighted by Gasteiger charge is 2.46. The molecule has 2 fully saturated rings. The van der Waals surface area contributed by atoms with Gasteiger partial charge in [-0.05, 0) is 74.8 Å². The molecule has 3 heteroatoms. The van der Waals surface area contributed by atoms with Crippen LogP contribution in [0.4, 0.5) is 0 Å². The van der Waals surface area contributed by atoms with Crippen molar-refractivity contribution >= 4 is 0 Å². The second-order valence-corrected chi connectivity index (χ2v) is 7.67. The Bertz CT molecular complexity index is 530. The molecule has 2 aliphatic heterocycles. The Morgan fingerprint density at radius 1 is 1.09 bits per heavy atom. The first-order valence-corrected chi connectivity index (χ1v) is 9.37. The first-order valence-electron chi connectivity index (χ1n) is 9.37. The summed E-state index contributed by atoms with van der Waals surface area (Å²) in [7, 11) is 1.80. The Labute approximate surface area is 140 Å². The fraction of sp³-hybridized carbons (Fsp3) is 0.700. The average Bonchev–Trinajstić information content (AvgIpc) is 3.22. The second-order valence-electron chi connectivity index (χ2n) is 7.67. The summed E-state index contributed by atoms with van der Waals surface area (Å²) in [6.07, 6.45) is 6.76. The van der Waals surface area contributed by atoms with Gasteiger partial charge >= 0.3 is 0 Å². The number of piperidine rings is 1. The lowest BCUT2D eigenvalue weighted by atomic mass is 9.73. The van der Waals surface area contributed by atoms with Gasteiger partial charge in [-0.2, -0.15) is 0 Å². The van der Waals surface area contributed by atoms with Crippen LogP contribution in [0.3, 0.4) is 0 Å². The molecule has 23 heavy (non-hydrogen) atoms. The van der Waals surface area contributed by atoms with Crippen LogP contribution < -0.4 is 0 Å². The van der Waals surface area contributed by atoms with Gasteiger partial charge in [0.1, 0.15) is 0 Å². The molecule has 126 valence electrons. The molecular formula is C20H30N2O. The van der Waals surface area contributed by atoms with E-state index in [0.29, 0.717) is 11.5 Å². The fourth-order valence-corrected chi connectivity index (χ4v) is 5.14. The summed E-state index contributed by atoms with van der Waals surface area (Å²) in [4.78, 5) is 5.34. The molecule has 0 amide bonds. The van der Waals surface area contributed by atoms with E-state index in [-0.39, 0.29) is 0 Å². The third-order valence-electron chi connectivity index (χ3n) is 6.48. The van der Waals surface area contributed by atoms with Gasteiger partial charge in [0.2, 0.25) is 0 Å². The lowest BCUT2D eigenvalue weighted by molar-refractivity contribution is 0.100. The molecule has 1 spiro atoms. The standard InChI is InChI=1S/C20H30N2O/c1-23-15-14-21-12-8-20(9-13-21)16-19(22-10-4-5-11-22)17-6-2-3-7-18(17)20/h2-3,6-7,19H,4-5,8-16H2,1H3. The van der Waals surface area contributed by atoms with Gasteiger partial charge in [-0.3, -0.25) is 4.90 Å². The molecule has 0 N–H and O–H groups in total. The van der Waals surface area contributed by atoms with Crippen LogP contribution in [0.15, 0.2) is 24.3 Å². The lowest BCUT2D eigenvalue weighted by Gasteiger charge is -2.40. The fourth-order valence-electron chi connectivity index (χ4n) is 5.14. The van der Waals surface area contributed by atoms with Crippen LogP contribution in [0, 0.1) is 0 Å². The molecule has 2 saturated heterocycles. The Kier molecular flexibility index (Phi) is 4.44. The van der Waals surface area contributed by atoms with Gasteiger partial charge in [0, 0.05) is 19.7 Å². The van der Waals surface area contributed by atoms with Crippen molar-refractivity contribution in [3.05, 3.63) is 35.4 Å². The zero-order valence-electron chi connectivity index (χ0n) is 14.5. The monoisotopic (exact) mass is 314 g/mol. The van der Waals surface area contributed by atoms with E-state index in [0.717, 1.165) is 13.2 Å². The van der Waals surface area contributed by atoms with Crippen LogP contribution >= 0.6 is 0 Å². The summed E-state index contributed by atoms with van der Waals surface area (Å²) in [6.45, 7) is 7.00. The van der Waals surface area contributed by atoms with E-state index in [1.165, 1.54) is 58.3 Å². The normalized spacial score (nSPS) is 27.6. The van der Waals surface area contributed by atoms with E-state index in [1.807, 2.05) is 0 Å². The van der Waals surface area contributed by atoms with Crippen molar-refractivity contribution in [1.29, 1.82) is 0 Å². The van der Waals surface area contributed by atoms with E-state index in [2.05, 4.69) is 34.1 Å². The van der Waals surface area contributed by atoms with E-state index in [9.17, 15) is 0 Å². The Balaban J connectivity index is 1.54. The summed E-state index contributed by atoms with van der Waals surface area (Å²) in [5, 5.41) is 0. The van der Waals surface area contributed by atoms with Crippen LogP contribution in [0.1, 0.15) is 49.3 Å². The predicted molar refractivity (Wildman–Crippen MR) is 93.8 cm³/mol. The molecule has 0 bridgehead atoms. The zero-order chi connectivity index (χ0) is 15.7. The maximum atomic E-state index is 5.25. The smallest absolute Gasteiger partial charge is 0.0589 e. The van der Waals surface area contributed by atoms with Crippen molar-refractivity contribution in [2.24, 2.45) is 0 Å². The van der Waals surface area contributed by atoms with Gasteiger partial charge in [0.05, 0.1) is 6.61 Å². The summed E-state index contributed by atoms with van der Waals surface area (Å²) in [5.74, 6) is 0. The number of hydrogen-bond acceptors (Lipinski definition) is 3. The first-order chi connectivity index (χ1) is 11.3. The number of benzene rings is 1. The summed E-state index contributed by atoms with van der Waals surface area (Å²) < 4.78 is 5.25. The Hall–Kier alpha value is -0.900. The molecular weight excluding hydrogens is 284 g/mol. The third-order valence-corrected chi connectivity index (χ3v) is 6.48. The second kappa shape index (κ2) is 6.54. The third kappa shape index (κ3) is 2.84. The van der Waals surface area contributed by atoms with Crippen molar-refractivity contribution in [3.8, 4) is 0 Å². The van der Waals surface area contributed by atoms with E-state index in [4.69, 9.17) is 4.74 Å². The highest BCUT2D eigenvalue weighted by molar-refractivity contribution is 5.43. The molecule has 0 radical (unpaired) electrons. The van der Waals surface area contributed by atoms with Crippen molar-refractivity contribution in [2.75, 3.05) is 46.4 Å². The summed E-state index contributed by atoms with van der Waals surface area (Å²) >= 11 is 0. The maximum absolute atomic E-state index is 5.25. The molecule has 1 unspecified atom stereocenters. The lowest BCUT2D eigenvalue weighted by Crippen LogP contribution is -2.43. The van der Waals surface area contributed by atoms with Crippen LogP contribution in [0.25, 0.3) is 0 Å². The van der Waals surface area contributed by atoms with E-state index in [1.54, 1.807) is 18.2 Å². The van der Waals surface area contributed by atoms with Gasteiger partial charge in [0.25, 0.3) is 0 Å². The van der Waals surface area contributed by atoms with E-state index < -0.39 is 0 Å². The molecule has 3 nitrogen and oxygen atoms in total. The topological polar surface area (TPSA) is 15.7 Å². The molecule has 0 aromatic heterocycles. The molecule has 4 rings (SSSR count). The molecule has 2 heterocycles. The largest absolute Gasteiger partial charge is 0.383 e. The molecule has 1 aliphatic carbocycles. The van der Waals surface area contributed by atoms with Gasteiger partial charge in [-0.15, -0.1) is 0 Å². The van der Waals surface area contributed by atoms with Gasteiger partial charge < -0.3 is 9.64 Å². The van der Waals surface area contributed by atoms with Crippen LogP contribution in [0.5, 0.6) is 0 Å². The van der Waals surface area contributed by atoms with Crippen molar-refractivity contribution in [1.82, 2.24) is 9.80 Å². The molecule has 1 aromatic carbocycles. The molecule has 0 saturated carbocycles. The number of rotatable bonds is 4. The van der Waals surface area contributed by atoms with Crippen LogP contribution in [0.2, 0.25) is 0 Å². The van der Waals surface area contributed by atoms with E-state index >= 15 is 0 Å². The minimum atomic E-state index is 0.438. The summed E-state index contributed by atoms with van der Waals surface area (Å²) in [6, 6.07) is 10.0. The van der Waals surface area contributed by atoms with Gasteiger partial charge in [0.15, 0.2) is 0 Å². The van der Waals surface area contributed by atoms with Crippen LogP contribution in [-0.2, 0) is 10.2 Å². The Morgan fingerprint density at radius 3 is 2.57 bits per heavy atom. The first kappa shape index (κ1) is 15.6. The Morgan fingerprint density at radius 2 is 1.83 bits per heavy atom. The zero-order valence-corrected chi connectivity index (χ0v) is 14.5. The molecule has 1 atom stereocenters. The summed E-state index contributed by atoms with van der Waals surface area (Å²) in [5.41, 5.74) is 3.75. The number of fused-ring (bicyclic) bond motifs is 2. The minimum Gasteiger partial charge on any atom is -0.383 e. The van der Waals surface area contributed by atoms with Crippen molar-refractivity contribution in [2.45, 2.75) is 43.6 Å². The highest BCUT2D eigenvalue weighted by Crippen LogP contribution is 2.53. The SMILES string of the molecule is COCCN1CCC2(CC1)CC(N1CCCC1)c1ccccc12. The number of likely N-dealkylation sites (tertiary alicyclic amines) is 2. The van der Waals surface area contributed by atoms with Gasteiger partial charge in [-0.25, -0.2) is 0 Å². The molecule has 1 aromatic rings. The number of hydrogen-bond donors (Lipinski definition) is 0. The maximum Gasteiger partial charge on any atom is 0.0589 e. The number of methoxy groups -OCH3 is 1. The molecule has 3 aliphatic rings. The highest BCUT2D eigenvalue weighted by atomic mass is 16.5. The number of nitrogens with zero attached hydrogens (tertiary/aromatic N) is 2. The van der Waals surface area contributed by atoms with Gasteiger partial charge in [-0.1, -0.05) is 24.3 Å². The minimum absolute atomic E-state index is 0.438. The van der Waals surface area contributed by atoms with Crippen molar-refractivity contribution in [3.63, 3.8) is 0 Å². The van der Waals surface area contributed by atoms with Crippen molar-refractivity contribution < 1.29 is 4.74 Å². The average molecular weight is 314 g/mol.